The molecule has 9 heteroatoms. The second kappa shape index (κ2) is 7.82. The molecule has 0 aliphatic carbocycles. The predicted molar refractivity (Wildman–Crippen MR) is 107 cm³/mol. The van der Waals surface area contributed by atoms with Gasteiger partial charge in [0, 0.05) is 0 Å². The minimum atomic E-state index is -3.54. The van der Waals surface area contributed by atoms with Crippen molar-refractivity contribution >= 4 is 21.6 Å². The second-order valence-corrected chi connectivity index (χ2v) is 8.93. The Morgan fingerprint density at radius 3 is 2.52 bits per heavy atom. The van der Waals surface area contributed by atoms with E-state index in [1.54, 1.807) is 37.3 Å². The number of anilines is 1. The lowest BCUT2D eigenvalue weighted by Gasteiger charge is -2.34. The molecule has 2 heterocycles. The summed E-state index contributed by atoms with van der Waals surface area (Å²) in [5.74, 6) is 1.19. The van der Waals surface area contributed by atoms with E-state index < -0.39 is 22.0 Å². The zero-order valence-corrected chi connectivity index (χ0v) is 16.7. The average Bonchev–Trinajstić information content (AvgIpc) is 2.76. The van der Waals surface area contributed by atoms with E-state index in [-0.39, 0.29) is 24.9 Å². The molecule has 0 saturated heterocycles. The molecule has 2 aliphatic rings. The summed E-state index contributed by atoms with van der Waals surface area (Å²) in [6, 6.07) is 14.1. The molecule has 2 aliphatic heterocycles. The maximum atomic E-state index is 12.7. The van der Waals surface area contributed by atoms with Crippen LogP contribution in [-0.2, 0) is 14.8 Å². The topological polar surface area (TPSA) is 94.2 Å². The molecule has 0 saturated carbocycles. The molecule has 2 atom stereocenters. The number of hydrogen-bond acceptors (Lipinski definition) is 6. The molecular formula is C20H22N2O6S. The van der Waals surface area contributed by atoms with Gasteiger partial charge in [0.05, 0.1) is 24.5 Å². The maximum Gasteiger partial charge on any atom is 0.263 e. The number of amides is 1. The number of hydrogen-bond donors (Lipinski definition) is 1. The highest BCUT2D eigenvalue weighted by atomic mass is 32.2. The van der Waals surface area contributed by atoms with E-state index in [1.165, 1.54) is 4.31 Å². The van der Waals surface area contributed by atoms with Crippen LogP contribution in [0.4, 0.5) is 5.69 Å². The van der Waals surface area contributed by atoms with Gasteiger partial charge < -0.3 is 19.5 Å². The first-order chi connectivity index (χ1) is 14.0. The molecular weight excluding hydrogens is 396 g/mol. The third-order valence-electron chi connectivity index (χ3n) is 4.80. The molecule has 0 unspecified atom stereocenters. The van der Waals surface area contributed by atoms with Gasteiger partial charge in [0.1, 0.15) is 18.5 Å². The van der Waals surface area contributed by atoms with Crippen molar-refractivity contribution in [3.05, 3.63) is 48.5 Å². The quantitative estimate of drug-likeness (QED) is 0.792. The van der Waals surface area contributed by atoms with Crippen LogP contribution in [0.5, 0.6) is 17.2 Å². The highest BCUT2D eigenvalue weighted by Crippen LogP contribution is 2.35. The Bertz CT molecular complexity index is 1010. The number of ether oxygens (including phenoxy) is 3. The number of carbonyl (C=O) groups excluding carboxylic acids is 1. The second-order valence-electron chi connectivity index (χ2n) is 6.75. The molecule has 2 aromatic rings. The number of nitrogens with one attached hydrogen (secondary N) is 1. The highest BCUT2D eigenvalue weighted by molar-refractivity contribution is 7.92. The molecule has 1 amide bonds. The monoisotopic (exact) mass is 418 g/mol. The number of sulfonamides is 1. The van der Waals surface area contributed by atoms with Crippen LogP contribution in [-0.4, -0.2) is 52.0 Å². The van der Waals surface area contributed by atoms with Crippen LogP contribution < -0.4 is 23.8 Å². The van der Waals surface area contributed by atoms with E-state index in [2.05, 4.69) is 5.32 Å². The van der Waals surface area contributed by atoms with Crippen molar-refractivity contribution in [3.63, 3.8) is 0 Å². The Labute approximate surface area is 169 Å². The number of carbonyl (C=O) groups is 1. The summed E-state index contributed by atoms with van der Waals surface area (Å²) in [4.78, 5) is 12.7. The van der Waals surface area contributed by atoms with Crippen molar-refractivity contribution in [2.45, 2.75) is 19.1 Å². The molecule has 8 nitrogen and oxygen atoms in total. The lowest BCUT2D eigenvalue weighted by Crippen LogP contribution is -2.52. The highest BCUT2D eigenvalue weighted by Gasteiger charge is 2.36. The molecule has 29 heavy (non-hydrogen) atoms. The number of nitrogens with zero attached hydrogens (tertiary/aromatic N) is 1. The van der Waals surface area contributed by atoms with Crippen molar-refractivity contribution in [2.75, 3.05) is 29.8 Å². The molecule has 154 valence electrons. The Balaban J connectivity index is 1.43. The first-order valence-corrected chi connectivity index (χ1v) is 11.0. The van der Waals surface area contributed by atoms with Gasteiger partial charge in [-0.3, -0.25) is 9.10 Å². The van der Waals surface area contributed by atoms with Gasteiger partial charge in [0.15, 0.2) is 17.6 Å². The Kier molecular flexibility index (Phi) is 5.23. The number of fused-ring (bicyclic) bond motifs is 2. The van der Waals surface area contributed by atoms with E-state index in [1.807, 2.05) is 18.2 Å². The zero-order valence-electron chi connectivity index (χ0n) is 15.9. The van der Waals surface area contributed by atoms with Gasteiger partial charge >= 0.3 is 0 Å². The first-order valence-electron chi connectivity index (χ1n) is 9.40. The van der Waals surface area contributed by atoms with Crippen LogP contribution in [0.1, 0.15) is 6.92 Å². The van der Waals surface area contributed by atoms with Crippen LogP contribution >= 0.6 is 0 Å². The van der Waals surface area contributed by atoms with E-state index in [9.17, 15) is 13.2 Å². The number of rotatable bonds is 5. The SMILES string of the molecule is CCS(=O)(=O)N1C[C@@H](C(=O)NC[C@H]2COc3ccccc3O2)Oc2ccccc21. The molecule has 0 aromatic heterocycles. The van der Waals surface area contributed by atoms with Crippen molar-refractivity contribution < 1.29 is 27.4 Å². The molecule has 0 radical (unpaired) electrons. The summed E-state index contributed by atoms with van der Waals surface area (Å²) >= 11 is 0. The van der Waals surface area contributed by atoms with Crippen molar-refractivity contribution in [1.82, 2.24) is 5.32 Å². The van der Waals surface area contributed by atoms with Crippen LogP contribution in [0.2, 0.25) is 0 Å². The molecule has 4 rings (SSSR count). The van der Waals surface area contributed by atoms with Crippen molar-refractivity contribution in [1.29, 1.82) is 0 Å². The Morgan fingerprint density at radius 1 is 1.07 bits per heavy atom. The molecule has 0 bridgehead atoms. The van der Waals surface area contributed by atoms with Gasteiger partial charge in [-0.1, -0.05) is 24.3 Å². The molecule has 0 spiro atoms. The summed E-state index contributed by atoms with van der Waals surface area (Å²) in [6.07, 6.45) is -1.30. The number of para-hydroxylation sites is 4. The fourth-order valence-corrected chi connectivity index (χ4v) is 4.37. The van der Waals surface area contributed by atoms with Gasteiger partial charge in [-0.2, -0.15) is 0 Å². The van der Waals surface area contributed by atoms with Crippen LogP contribution in [0.25, 0.3) is 0 Å². The summed E-state index contributed by atoms with van der Waals surface area (Å²) < 4.78 is 43.5. The predicted octanol–water partition coefficient (Wildman–Crippen LogP) is 1.56. The Morgan fingerprint density at radius 2 is 1.76 bits per heavy atom. The van der Waals surface area contributed by atoms with Gasteiger partial charge in [0.25, 0.3) is 5.91 Å². The first kappa shape index (κ1) is 19.4. The fraction of sp³-hybridized carbons (Fsp3) is 0.350. The lowest BCUT2D eigenvalue weighted by atomic mass is 10.2. The van der Waals surface area contributed by atoms with Crippen LogP contribution in [0.15, 0.2) is 48.5 Å². The van der Waals surface area contributed by atoms with E-state index in [4.69, 9.17) is 14.2 Å². The van der Waals surface area contributed by atoms with E-state index >= 15 is 0 Å². The van der Waals surface area contributed by atoms with Crippen LogP contribution in [0, 0.1) is 0 Å². The summed E-state index contributed by atoms with van der Waals surface area (Å²) in [6.45, 7) is 2.02. The smallest absolute Gasteiger partial charge is 0.263 e. The Hall–Kier alpha value is -2.94. The van der Waals surface area contributed by atoms with Crippen LogP contribution in [0.3, 0.4) is 0 Å². The lowest BCUT2D eigenvalue weighted by molar-refractivity contribution is -0.128. The normalized spacial score (nSPS) is 20.4. The minimum Gasteiger partial charge on any atom is -0.486 e. The largest absolute Gasteiger partial charge is 0.486 e. The zero-order chi connectivity index (χ0) is 20.4. The fourth-order valence-electron chi connectivity index (χ4n) is 3.25. The standard InChI is InChI=1S/C20H22N2O6S/c1-2-29(24,25)22-12-19(28-16-8-4-3-7-15(16)22)20(23)21-11-14-13-26-17-9-5-6-10-18(17)27-14/h3-10,14,19H,2,11-13H2,1H3,(H,21,23)/t14-,19-/m0/s1. The minimum absolute atomic E-state index is 0.0671. The van der Waals surface area contributed by atoms with E-state index in [0.717, 1.165) is 0 Å². The summed E-state index contributed by atoms with van der Waals surface area (Å²) in [5.41, 5.74) is 0.444. The maximum absolute atomic E-state index is 12.7. The third-order valence-corrected chi connectivity index (χ3v) is 6.55. The third kappa shape index (κ3) is 3.95. The van der Waals surface area contributed by atoms with Gasteiger partial charge in [0.2, 0.25) is 10.0 Å². The summed E-state index contributed by atoms with van der Waals surface area (Å²) in [5, 5.41) is 2.78. The van der Waals surface area contributed by atoms with Gasteiger partial charge in [-0.15, -0.1) is 0 Å². The van der Waals surface area contributed by atoms with E-state index in [0.29, 0.717) is 29.5 Å². The number of benzene rings is 2. The average molecular weight is 418 g/mol. The van der Waals surface area contributed by atoms with Gasteiger partial charge in [-0.25, -0.2) is 8.42 Å². The summed E-state index contributed by atoms with van der Waals surface area (Å²) in [7, 11) is -3.54. The molecule has 2 aromatic carbocycles. The van der Waals surface area contributed by atoms with Gasteiger partial charge in [-0.05, 0) is 31.2 Å². The molecule has 0 fully saturated rings. The van der Waals surface area contributed by atoms with Crippen molar-refractivity contribution in [3.8, 4) is 17.2 Å². The van der Waals surface area contributed by atoms with Crippen molar-refractivity contribution in [2.24, 2.45) is 0 Å². The molecule has 1 N–H and O–H groups in total.